The predicted molar refractivity (Wildman–Crippen MR) is 82.7 cm³/mol. The van der Waals surface area contributed by atoms with Crippen molar-refractivity contribution in [2.24, 2.45) is 11.7 Å². The number of rotatable bonds is 13. The number of carbonyl (C=O) groups excluding carboxylic acids is 1. The second kappa shape index (κ2) is 12.2. The third-order valence-corrected chi connectivity index (χ3v) is 4.23. The highest BCUT2D eigenvalue weighted by molar-refractivity contribution is 7.48. The van der Waals surface area contributed by atoms with E-state index in [1.54, 1.807) is 0 Å². The largest absolute Gasteiger partial charge is 0.529 e. The normalized spacial score (nSPS) is 15.4. The molecule has 7 heteroatoms. The second-order valence-corrected chi connectivity index (χ2v) is 6.62. The summed E-state index contributed by atoms with van der Waals surface area (Å²) in [5.74, 6) is -0.479. The minimum atomic E-state index is -4.28. The summed E-state index contributed by atoms with van der Waals surface area (Å²) in [6, 6.07) is 0. The molecule has 0 aliphatic heterocycles. The fourth-order valence-electron chi connectivity index (χ4n) is 1.89. The SMILES string of the molecule is CCCCC(CC)COP(=O)(O)OC(=O)CCCCCN. The lowest BCUT2D eigenvalue weighted by Crippen LogP contribution is -2.11. The van der Waals surface area contributed by atoms with Crippen molar-refractivity contribution in [3.8, 4) is 0 Å². The third-order valence-electron chi connectivity index (χ3n) is 3.32. The van der Waals surface area contributed by atoms with E-state index in [9.17, 15) is 14.3 Å². The van der Waals surface area contributed by atoms with Gasteiger partial charge in [-0.2, -0.15) is 0 Å². The molecular formula is C14H30NO5P. The lowest BCUT2D eigenvalue weighted by Gasteiger charge is -2.17. The molecule has 126 valence electrons. The van der Waals surface area contributed by atoms with E-state index in [1.165, 1.54) is 0 Å². The van der Waals surface area contributed by atoms with Crippen molar-refractivity contribution < 1.29 is 23.3 Å². The van der Waals surface area contributed by atoms with Crippen LogP contribution < -0.4 is 5.73 Å². The van der Waals surface area contributed by atoms with Gasteiger partial charge in [0.1, 0.15) is 0 Å². The van der Waals surface area contributed by atoms with E-state index in [0.717, 1.165) is 38.5 Å². The summed E-state index contributed by atoms with van der Waals surface area (Å²) in [6.07, 6.45) is 6.29. The molecule has 0 heterocycles. The van der Waals surface area contributed by atoms with Crippen LogP contribution in [0, 0.1) is 5.92 Å². The molecule has 0 radical (unpaired) electrons. The third kappa shape index (κ3) is 11.9. The van der Waals surface area contributed by atoms with Crippen molar-refractivity contribution in [3.63, 3.8) is 0 Å². The van der Waals surface area contributed by atoms with Crippen LogP contribution in [0.2, 0.25) is 0 Å². The molecule has 6 nitrogen and oxygen atoms in total. The van der Waals surface area contributed by atoms with E-state index in [1.807, 2.05) is 6.92 Å². The molecule has 0 aromatic rings. The predicted octanol–water partition coefficient (Wildman–Crippen LogP) is 3.38. The molecular weight excluding hydrogens is 293 g/mol. The maximum absolute atomic E-state index is 11.7. The summed E-state index contributed by atoms with van der Waals surface area (Å²) in [6.45, 7) is 4.82. The number of hydrogen-bond donors (Lipinski definition) is 2. The van der Waals surface area contributed by atoms with Crippen LogP contribution in [0.5, 0.6) is 0 Å². The Morgan fingerprint density at radius 2 is 1.95 bits per heavy atom. The van der Waals surface area contributed by atoms with Crippen LogP contribution in [0.15, 0.2) is 0 Å². The Balaban J connectivity index is 4.00. The van der Waals surface area contributed by atoms with Gasteiger partial charge in [-0.05, 0) is 31.7 Å². The van der Waals surface area contributed by atoms with Gasteiger partial charge in [-0.3, -0.25) is 14.2 Å². The van der Waals surface area contributed by atoms with Crippen molar-refractivity contribution in [1.82, 2.24) is 0 Å². The number of nitrogens with two attached hydrogens (primary N) is 1. The molecule has 0 spiro atoms. The smallest absolute Gasteiger partial charge is 0.371 e. The van der Waals surface area contributed by atoms with Gasteiger partial charge in [-0.1, -0.05) is 39.5 Å². The number of phosphoric ester groups is 1. The average Bonchev–Trinajstić information content (AvgIpc) is 2.43. The quantitative estimate of drug-likeness (QED) is 0.398. The standard InChI is InChI=1S/C14H30NO5P/c1-3-5-9-13(4-2)12-19-21(17,18)20-14(16)10-7-6-8-11-15/h13H,3-12,15H2,1-2H3,(H,17,18). The summed E-state index contributed by atoms with van der Waals surface area (Å²) in [4.78, 5) is 21.0. The Bertz CT molecular complexity index is 324. The molecule has 0 amide bonds. The Morgan fingerprint density at radius 1 is 1.24 bits per heavy atom. The Morgan fingerprint density at radius 3 is 2.52 bits per heavy atom. The Kier molecular flexibility index (Phi) is 11.9. The van der Waals surface area contributed by atoms with E-state index in [2.05, 4.69) is 11.4 Å². The van der Waals surface area contributed by atoms with Gasteiger partial charge in [0.05, 0.1) is 6.61 Å². The van der Waals surface area contributed by atoms with E-state index < -0.39 is 13.8 Å². The van der Waals surface area contributed by atoms with Gasteiger partial charge in [0.25, 0.3) is 0 Å². The van der Waals surface area contributed by atoms with Crippen molar-refractivity contribution >= 4 is 13.8 Å². The van der Waals surface area contributed by atoms with Gasteiger partial charge >= 0.3 is 13.8 Å². The number of hydrogen-bond acceptors (Lipinski definition) is 5. The molecule has 3 N–H and O–H groups in total. The first-order valence-corrected chi connectivity index (χ1v) is 9.34. The molecule has 0 saturated heterocycles. The van der Waals surface area contributed by atoms with Crippen LogP contribution >= 0.6 is 7.82 Å². The van der Waals surface area contributed by atoms with Crippen LogP contribution in [-0.2, 0) is 18.4 Å². The van der Waals surface area contributed by atoms with Crippen molar-refractivity contribution in [2.45, 2.75) is 65.2 Å². The molecule has 0 aromatic heterocycles. The fourth-order valence-corrected chi connectivity index (χ4v) is 2.69. The Hall–Kier alpha value is -0.420. The van der Waals surface area contributed by atoms with Gasteiger partial charge in [-0.15, -0.1) is 0 Å². The van der Waals surface area contributed by atoms with Gasteiger partial charge in [0.15, 0.2) is 0 Å². The summed E-state index contributed by atoms with van der Waals surface area (Å²) in [5, 5.41) is 0. The number of carbonyl (C=O) groups is 1. The summed E-state index contributed by atoms with van der Waals surface area (Å²) in [7, 11) is -4.28. The lowest BCUT2D eigenvalue weighted by molar-refractivity contribution is -0.136. The summed E-state index contributed by atoms with van der Waals surface area (Å²) in [5.41, 5.74) is 5.34. The number of phosphoric acid groups is 1. The van der Waals surface area contributed by atoms with E-state index in [0.29, 0.717) is 13.0 Å². The fraction of sp³-hybridized carbons (Fsp3) is 0.929. The van der Waals surface area contributed by atoms with E-state index >= 15 is 0 Å². The highest BCUT2D eigenvalue weighted by Gasteiger charge is 2.27. The first-order chi connectivity index (χ1) is 9.95. The summed E-state index contributed by atoms with van der Waals surface area (Å²) >= 11 is 0. The molecule has 0 aromatic carbocycles. The summed E-state index contributed by atoms with van der Waals surface area (Å²) < 4.78 is 21.1. The molecule has 21 heavy (non-hydrogen) atoms. The van der Waals surface area contributed by atoms with Crippen molar-refractivity contribution in [1.29, 1.82) is 0 Å². The van der Waals surface area contributed by atoms with Gasteiger partial charge < -0.3 is 10.3 Å². The first kappa shape index (κ1) is 20.6. The zero-order chi connectivity index (χ0) is 16.1. The van der Waals surface area contributed by atoms with Crippen LogP contribution in [0.4, 0.5) is 0 Å². The van der Waals surface area contributed by atoms with Crippen molar-refractivity contribution in [2.75, 3.05) is 13.2 Å². The average molecular weight is 323 g/mol. The molecule has 0 saturated carbocycles. The molecule has 0 fully saturated rings. The monoisotopic (exact) mass is 323 g/mol. The van der Waals surface area contributed by atoms with E-state index in [4.69, 9.17) is 10.3 Å². The van der Waals surface area contributed by atoms with Gasteiger partial charge in [-0.25, -0.2) is 4.57 Å². The number of unbranched alkanes of at least 4 members (excludes halogenated alkanes) is 3. The van der Waals surface area contributed by atoms with Crippen LogP contribution in [-0.4, -0.2) is 24.0 Å². The van der Waals surface area contributed by atoms with Gasteiger partial charge in [0.2, 0.25) is 0 Å². The highest BCUT2D eigenvalue weighted by Crippen LogP contribution is 2.44. The molecule has 2 unspecified atom stereocenters. The highest BCUT2D eigenvalue weighted by atomic mass is 31.2. The molecule has 0 aliphatic rings. The van der Waals surface area contributed by atoms with Gasteiger partial charge in [0, 0.05) is 6.42 Å². The van der Waals surface area contributed by atoms with Crippen LogP contribution in [0.3, 0.4) is 0 Å². The molecule has 0 bridgehead atoms. The first-order valence-electron chi connectivity index (χ1n) is 7.85. The maximum atomic E-state index is 11.7. The molecule has 0 aliphatic carbocycles. The molecule has 2 atom stereocenters. The second-order valence-electron chi connectivity index (χ2n) is 5.24. The minimum absolute atomic E-state index is 0.112. The Labute approximate surface area is 128 Å². The van der Waals surface area contributed by atoms with Crippen molar-refractivity contribution in [3.05, 3.63) is 0 Å². The van der Waals surface area contributed by atoms with Crippen LogP contribution in [0.25, 0.3) is 0 Å². The topological polar surface area (TPSA) is 98.9 Å². The minimum Gasteiger partial charge on any atom is -0.371 e. The van der Waals surface area contributed by atoms with Crippen LogP contribution in [0.1, 0.15) is 65.2 Å². The zero-order valence-corrected chi connectivity index (χ0v) is 14.1. The molecule has 0 rings (SSSR count). The lowest BCUT2D eigenvalue weighted by atomic mass is 10.0. The van der Waals surface area contributed by atoms with E-state index in [-0.39, 0.29) is 18.9 Å². The maximum Gasteiger partial charge on any atom is 0.529 e. The zero-order valence-electron chi connectivity index (χ0n) is 13.3.